The molecule has 2 aromatic rings. The Morgan fingerprint density at radius 3 is 2.67 bits per heavy atom. The summed E-state index contributed by atoms with van der Waals surface area (Å²) in [6.45, 7) is 2.14. The second-order valence-corrected chi connectivity index (χ2v) is 9.44. The number of hydrogen-bond donors (Lipinski definition) is 2. The molecule has 0 aliphatic carbocycles. The van der Waals surface area contributed by atoms with Crippen LogP contribution in [-0.4, -0.2) is 52.9 Å². The van der Waals surface area contributed by atoms with E-state index < -0.39 is 11.2 Å². The number of aromatic nitrogens is 1. The molecule has 2 unspecified atom stereocenters. The molecule has 2 amide bonds. The Kier molecular flexibility index (Phi) is 7.72. The molecule has 2 aliphatic heterocycles. The molecule has 2 aliphatic rings. The summed E-state index contributed by atoms with van der Waals surface area (Å²) in [7, 11) is 0. The lowest BCUT2D eigenvalue weighted by molar-refractivity contribution is -0.129. The maximum Gasteiger partial charge on any atom is 0.244 e. The van der Waals surface area contributed by atoms with Gasteiger partial charge in [-0.2, -0.15) is 5.10 Å². The lowest BCUT2D eigenvalue weighted by atomic mass is 10.00. The average molecular weight is 466 g/mol. The van der Waals surface area contributed by atoms with Gasteiger partial charge in [0, 0.05) is 61.0 Å². The zero-order valence-corrected chi connectivity index (χ0v) is 19.1. The first-order chi connectivity index (χ1) is 16.1. The molecule has 2 atom stereocenters. The standard InChI is InChI=1S/C24H27N5O3S/c30-21-12-18(24(32)28-26-15-17-4-3-9-25-14-17)16-33-22(21)13-23(31)27-19-5-7-20(8-6-19)29-10-1-2-11-29/h3-9,14-15,18,22H,1-2,10-13,16H2,(H,27,31)(H,28,32)/b26-15+. The number of pyridine rings is 1. The Bertz CT molecular complexity index is 1010. The van der Waals surface area contributed by atoms with Gasteiger partial charge in [0.25, 0.3) is 0 Å². The van der Waals surface area contributed by atoms with Gasteiger partial charge in [-0.25, -0.2) is 5.43 Å². The van der Waals surface area contributed by atoms with Gasteiger partial charge in [0.15, 0.2) is 0 Å². The van der Waals surface area contributed by atoms with Gasteiger partial charge in [-0.15, -0.1) is 11.8 Å². The maximum absolute atomic E-state index is 12.6. The Morgan fingerprint density at radius 2 is 1.97 bits per heavy atom. The molecule has 2 N–H and O–H groups in total. The molecule has 0 saturated carbocycles. The topological polar surface area (TPSA) is 104 Å². The third-order valence-electron chi connectivity index (χ3n) is 5.74. The van der Waals surface area contributed by atoms with Crippen LogP contribution in [0.25, 0.3) is 0 Å². The highest BCUT2D eigenvalue weighted by Gasteiger charge is 2.34. The number of thioether (sulfide) groups is 1. The number of rotatable bonds is 7. The van der Waals surface area contributed by atoms with Crippen LogP contribution in [0.15, 0.2) is 53.9 Å². The quantitative estimate of drug-likeness (QED) is 0.481. The molecular formula is C24H27N5O3S. The number of hydrazone groups is 1. The van der Waals surface area contributed by atoms with E-state index in [0.717, 1.165) is 30.0 Å². The van der Waals surface area contributed by atoms with E-state index >= 15 is 0 Å². The highest BCUT2D eigenvalue weighted by molar-refractivity contribution is 8.00. The van der Waals surface area contributed by atoms with Crippen LogP contribution in [-0.2, 0) is 14.4 Å². The van der Waals surface area contributed by atoms with E-state index in [4.69, 9.17) is 0 Å². The molecule has 1 aromatic carbocycles. The average Bonchev–Trinajstić information content (AvgIpc) is 3.36. The third-order valence-corrected chi connectivity index (χ3v) is 7.17. The van der Waals surface area contributed by atoms with Crippen molar-refractivity contribution in [3.05, 3.63) is 54.4 Å². The molecule has 9 heteroatoms. The number of nitrogens with zero attached hydrogens (tertiary/aromatic N) is 3. The van der Waals surface area contributed by atoms with Crippen molar-refractivity contribution in [2.45, 2.75) is 30.9 Å². The molecule has 2 fully saturated rings. The van der Waals surface area contributed by atoms with Crippen molar-refractivity contribution in [3.63, 3.8) is 0 Å². The number of hydrogen-bond acceptors (Lipinski definition) is 7. The smallest absolute Gasteiger partial charge is 0.244 e. The van der Waals surface area contributed by atoms with Crippen molar-refractivity contribution < 1.29 is 14.4 Å². The summed E-state index contributed by atoms with van der Waals surface area (Å²) in [5.74, 6) is -0.550. The summed E-state index contributed by atoms with van der Waals surface area (Å²) in [6, 6.07) is 11.4. The Morgan fingerprint density at radius 1 is 1.18 bits per heavy atom. The van der Waals surface area contributed by atoms with Crippen LogP contribution in [0.2, 0.25) is 0 Å². The lowest BCUT2D eigenvalue weighted by Gasteiger charge is -2.25. The Balaban J connectivity index is 1.21. The fourth-order valence-corrected chi connectivity index (χ4v) is 5.21. The van der Waals surface area contributed by atoms with Crippen LogP contribution >= 0.6 is 11.8 Å². The van der Waals surface area contributed by atoms with E-state index in [1.54, 1.807) is 18.5 Å². The number of benzene rings is 1. The van der Waals surface area contributed by atoms with Gasteiger partial charge in [-0.05, 0) is 43.2 Å². The first kappa shape index (κ1) is 23.0. The molecule has 0 radical (unpaired) electrons. The highest BCUT2D eigenvalue weighted by atomic mass is 32.2. The van der Waals surface area contributed by atoms with Gasteiger partial charge < -0.3 is 10.2 Å². The van der Waals surface area contributed by atoms with Gasteiger partial charge in [-0.1, -0.05) is 6.07 Å². The number of anilines is 2. The molecule has 33 heavy (non-hydrogen) atoms. The van der Waals surface area contributed by atoms with Crippen LogP contribution in [0.5, 0.6) is 0 Å². The van der Waals surface area contributed by atoms with Crippen LogP contribution < -0.4 is 15.6 Å². The van der Waals surface area contributed by atoms with Crippen molar-refractivity contribution in [1.82, 2.24) is 10.4 Å². The van der Waals surface area contributed by atoms with Gasteiger partial charge in [-0.3, -0.25) is 19.4 Å². The van der Waals surface area contributed by atoms with E-state index in [-0.39, 0.29) is 30.4 Å². The summed E-state index contributed by atoms with van der Waals surface area (Å²) in [4.78, 5) is 43.7. The summed E-state index contributed by atoms with van der Waals surface area (Å²) >= 11 is 1.36. The minimum Gasteiger partial charge on any atom is -0.372 e. The number of nitrogens with one attached hydrogen (secondary N) is 2. The zero-order chi connectivity index (χ0) is 23.0. The van der Waals surface area contributed by atoms with Crippen molar-refractivity contribution in [3.8, 4) is 0 Å². The van der Waals surface area contributed by atoms with Gasteiger partial charge >= 0.3 is 0 Å². The molecule has 0 spiro atoms. The van der Waals surface area contributed by atoms with Gasteiger partial charge in [0.2, 0.25) is 11.8 Å². The summed E-state index contributed by atoms with van der Waals surface area (Å²) in [6.07, 6.45) is 7.44. The van der Waals surface area contributed by atoms with Crippen molar-refractivity contribution >= 4 is 46.9 Å². The van der Waals surface area contributed by atoms with Crippen molar-refractivity contribution in [2.75, 3.05) is 29.1 Å². The normalized spacial score (nSPS) is 20.7. The zero-order valence-electron chi connectivity index (χ0n) is 18.3. The molecule has 3 heterocycles. The largest absolute Gasteiger partial charge is 0.372 e. The number of amides is 2. The number of Topliss-reactive ketones (excluding diaryl/α,β-unsaturated/α-hetero) is 1. The van der Waals surface area contributed by atoms with Gasteiger partial charge in [0.1, 0.15) is 5.78 Å². The fraction of sp³-hybridized carbons (Fsp3) is 0.375. The van der Waals surface area contributed by atoms with E-state index in [9.17, 15) is 14.4 Å². The van der Waals surface area contributed by atoms with Gasteiger partial charge in [0.05, 0.1) is 17.4 Å². The maximum atomic E-state index is 12.6. The second-order valence-electron chi connectivity index (χ2n) is 8.20. The van der Waals surface area contributed by atoms with Crippen molar-refractivity contribution in [2.24, 2.45) is 11.0 Å². The van der Waals surface area contributed by atoms with Crippen LogP contribution in [0.3, 0.4) is 0 Å². The first-order valence-corrected chi connectivity index (χ1v) is 12.2. The lowest BCUT2D eigenvalue weighted by Crippen LogP contribution is -2.38. The molecule has 2 saturated heterocycles. The number of ketones is 1. The van der Waals surface area contributed by atoms with Crippen molar-refractivity contribution in [1.29, 1.82) is 0 Å². The monoisotopic (exact) mass is 465 g/mol. The third kappa shape index (κ3) is 6.41. The highest BCUT2D eigenvalue weighted by Crippen LogP contribution is 2.29. The summed E-state index contributed by atoms with van der Waals surface area (Å²) < 4.78 is 0. The number of carbonyl (C=O) groups is 3. The molecule has 4 rings (SSSR count). The molecule has 1 aromatic heterocycles. The number of carbonyl (C=O) groups excluding carboxylic acids is 3. The van der Waals surface area contributed by atoms with Crippen LogP contribution in [0.4, 0.5) is 11.4 Å². The summed E-state index contributed by atoms with van der Waals surface area (Å²) in [5, 5.41) is 6.38. The van der Waals surface area contributed by atoms with E-state index in [0.29, 0.717) is 5.75 Å². The Hall–Kier alpha value is -3.20. The first-order valence-electron chi connectivity index (χ1n) is 11.1. The van der Waals surface area contributed by atoms with Crippen LogP contribution in [0, 0.1) is 5.92 Å². The summed E-state index contributed by atoms with van der Waals surface area (Å²) in [5.41, 5.74) is 5.14. The molecule has 0 bridgehead atoms. The minimum absolute atomic E-state index is 0.0813. The molecular weight excluding hydrogens is 438 g/mol. The predicted octanol–water partition coefficient (Wildman–Crippen LogP) is 2.85. The molecule has 172 valence electrons. The molecule has 8 nitrogen and oxygen atoms in total. The van der Waals surface area contributed by atoms with Crippen LogP contribution in [0.1, 0.15) is 31.2 Å². The fourth-order valence-electron chi connectivity index (χ4n) is 3.92. The van der Waals surface area contributed by atoms with E-state index in [1.165, 1.54) is 30.8 Å². The Labute approximate surface area is 197 Å². The second kappa shape index (κ2) is 11.1. The predicted molar refractivity (Wildman–Crippen MR) is 130 cm³/mol. The van der Waals surface area contributed by atoms with E-state index in [2.05, 4.69) is 25.7 Å². The minimum atomic E-state index is -0.453. The van der Waals surface area contributed by atoms with E-state index in [1.807, 2.05) is 30.3 Å². The SMILES string of the molecule is O=C(CC1SCC(C(=O)N/N=C/c2cccnc2)CC1=O)Nc1ccc(N2CCCC2)cc1.